The molecule has 1 fully saturated rings. The van der Waals surface area contributed by atoms with E-state index in [1.54, 1.807) is 13.8 Å². The van der Waals surface area contributed by atoms with Crippen molar-refractivity contribution < 1.29 is 27.4 Å². The summed E-state index contributed by atoms with van der Waals surface area (Å²) >= 11 is 0. The molecule has 116 valence electrons. The molecule has 0 aliphatic carbocycles. The van der Waals surface area contributed by atoms with Crippen LogP contribution in [0.2, 0.25) is 0 Å². The van der Waals surface area contributed by atoms with Crippen molar-refractivity contribution in [1.29, 1.82) is 0 Å². The number of hydrogen-bond acceptors (Lipinski definition) is 3. The second-order valence-electron chi connectivity index (χ2n) is 5.02. The van der Waals surface area contributed by atoms with Crippen LogP contribution in [0.1, 0.15) is 25.0 Å². The average molecular weight is 303 g/mol. The summed E-state index contributed by atoms with van der Waals surface area (Å²) in [5.74, 6) is -0.247. The number of nitrogens with one attached hydrogen (secondary N) is 1. The Morgan fingerprint density at radius 3 is 2.67 bits per heavy atom. The molecule has 0 bridgehead atoms. The second-order valence-corrected chi connectivity index (χ2v) is 5.02. The molecule has 0 aromatic heterocycles. The number of benzene rings is 1. The van der Waals surface area contributed by atoms with Gasteiger partial charge in [-0.2, -0.15) is 13.2 Å². The van der Waals surface area contributed by atoms with E-state index in [0.29, 0.717) is 6.61 Å². The fraction of sp³-hybridized carbons (Fsp3) is 0.500. The van der Waals surface area contributed by atoms with E-state index < -0.39 is 23.8 Å². The average Bonchev–Trinajstić information content (AvgIpc) is 3.19. The van der Waals surface area contributed by atoms with Gasteiger partial charge in [0.15, 0.2) is 6.10 Å². The Morgan fingerprint density at radius 2 is 2.14 bits per heavy atom. The summed E-state index contributed by atoms with van der Waals surface area (Å²) in [4.78, 5) is 11.4. The highest BCUT2D eigenvalue weighted by Gasteiger charge is 2.35. The van der Waals surface area contributed by atoms with E-state index in [1.807, 2.05) is 0 Å². The Balaban J connectivity index is 2.16. The number of carbonyl (C=O) groups excluding carboxylic acids is 1. The molecule has 1 heterocycles. The van der Waals surface area contributed by atoms with Crippen LogP contribution in [0, 0.1) is 0 Å². The summed E-state index contributed by atoms with van der Waals surface area (Å²) in [6.07, 6.45) is -5.25. The monoisotopic (exact) mass is 303 g/mol. The Bertz CT molecular complexity index is 525. The SMILES string of the molecule is CC(C)Oc1ccc(CNC(=O)C2CO2)c(C(F)(F)F)c1. The van der Waals surface area contributed by atoms with Gasteiger partial charge < -0.3 is 14.8 Å². The lowest BCUT2D eigenvalue weighted by Gasteiger charge is -2.16. The standard InChI is InChI=1S/C14H16F3NO3/c1-8(2)21-10-4-3-9(11(5-10)14(15,16)17)6-18-13(19)12-7-20-12/h3-5,8,12H,6-7H2,1-2H3,(H,18,19). The zero-order valence-corrected chi connectivity index (χ0v) is 11.7. The Labute approximate surface area is 120 Å². The van der Waals surface area contributed by atoms with E-state index in [1.165, 1.54) is 12.1 Å². The van der Waals surface area contributed by atoms with Gasteiger partial charge in [0, 0.05) is 6.54 Å². The molecular formula is C14H16F3NO3. The molecule has 1 aliphatic heterocycles. The zero-order chi connectivity index (χ0) is 15.6. The molecule has 4 nitrogen and oxygen atoms in total. The van der Waals surface area contributed by atoms with Crippen molar-refractivity contribution in [2.24, 2.45) is 0 Å². The van der Waals surface area contributed by atoms with Crippen LogP contribution in [0.25, 0.3) is 0 Å². The zero-order valence-electron chi connectivity index (χ0n) is 11.7. The fourth-order valence-electron chi connectivity index (χ4n) is 1.81. The van der Waals surface area contributed by atoms with Gasteiger partial charge in [-0.1, -0.05) is 6.07 Å². The first-order valence-corrected chi connectivity index (χ1v) is 6.53. The quantitative estimate of drug-likeness (QED) is 0.850. The summed E-state index contributed by atoms with van der Waals surface area (Å²) < 4.78 is 49.2. The van der Waals surface area contributed by atoms with Crippen LogP contribution in [0.15, 0.2) is 18.2 Å². The van der Waals surface area contributed by atoms with Gasteiger partial charge in [-0.3, -0.25) is 4.79 Å². The molecule has 1 aliphatic rings. The molecular weight excluding hydrogens is 287 g/mol. The van der Waals surface area contributed by atoms with Crippen molar-refractivity contribution in [1.82, 2.24) is 5.32 Å². The highest BCUT2D eigenvalue weighted by molar-refractivity contribution is 5.82. The van der Waals surface area contributed by atoms with Crippen LogP contribution < -0.4 is 10.1 Å². The molecule has 0 spiro atoms. The second kappa shape index (κ2) is 5.93. The van der Waals surface area contributed by atoms with Gasteiger partial charge in [0.2, 0.25) is 0 Å². The lowest BCUT2D eigenvalue weighted by molar-refractivity contribution is -0.138. The van der Waals surface area contributed by atoms with E-state index in [0.717, 1.165) is 6.07 Å². The fourth-order valence-corrected chi connectivity index (χ4v) is 1.81. The molecule has 0 radical (unpaired) electrons. The van der Waals surface area contributed by atoms with Crippen molar-refractivity contribution >= 4 is 5.91 Å². The topological polar surface area (TPSA) is 50.9 Å². The minimum Gasteiger partial charge on any atom is -0.491 e. The number of halogens is 3. The molecule has 1 aromatic carbocycles. The van der Waals surface area contributed by atoms with Gasteiger partial charge in [0.05, 0.1) is 18.3 Å². The summed E-state index contributed by atoms with van der Waals surface area (Å²) in [5, 5.41) is 2.43. The maximum atomic E-state index is 13.1. The Kier molecular flexibility index (Phi) is 4.41. The normalized spacial score (nSPS) is 17.7. The molecule has 1 amide bonds. The van der Waals surface area contributed by atoms with Crippen molar-refractivity contribution in [2.75, 3.05) is 6.61 Å². The number of hydrogen-bond donors (Lipinski definition) is 1. The minimum absolute atomic E-state index is 0.00685. The molecule has 2 rings (SSSR count). The predicted molar refractivity (Wildman–Crippen MR) is 68.8 cm³/mol. The highest BCUT2D eigenvalue weighted by atomic mass is 19.4. The lowest BCUT2D eigenvalue weighted by atomic mass is 10.1. The van der Waals surface area contributed by atoms with Gasteiger partial charge in [-0.25, -0.2) is 0 Å². The highest BCUT2D eigenvalue weighted by Crippen LogP contribution is 2.34. The summed E-state index contributed by atoms with van der Waals surface area (Å²) in [7, 11) is 0. The number of alkyl halides is 3. The molecule has 1 N–H and O–H groups in total. The van der Waals surface area contributed by atoms with Crippen LogP contribution in [-0.4, -0.2) is 24.7 Å². The Morgan fingerprint density at radius 1 is 1.48 bits per heavy atom. The van der Waals surface area contributed by atoms with E-state index in [-0.39, 0.29) is 24.0 Å². The summed E-state index contributed by atoms with van der Waals surface area (Å²) in [6, 6.07) is 3.73. The third-order valence-electron chi connectivity index (χ3n) is 2.84. The van der Waals surface area contributed by atoms with Gasteiger partial charge in [0.25, 0.3) is 5.91 Å². The van der Waals surface area contributed by atoms with Crippen molar-refractivity contribution in [3.63, 3.8) is 0 Å². The van der Waals surface area contributed by atoms with Gasteiger partial charge in [0.1, 0.15) is 5.75 Å². The van der Waals surface area contributed by atoms with E-state index in [2.05, 4.69) is 5.32 Å². The smallest absolute Gasteiger partial charge is 0.416 e. The molecule has 7 heteroatoms. The molecule has 1 atom stereocenters. The molecule has 1 saturated heterocycles. The van der Waals surface area contributed by atoms with Gasteiger partial charge in [-0.05, 0) is 31.5 Å². The third kappa shape index (κ3) is 4.35. The van der Waals surface area contributed by atoms with Crippen LogP contribution >= 0.6 is 0 Å². The number of epoxide rings is 1. The van der Waals surface area contributed by atoms with Crippen LogP contribution in [0.4, 0.5) is 13.2 Å². The van der Waals surface area contributed by atoms with E-state index in [4.69, 9.17) is 9.47 Å². The minimum atomic E-state index is -4.51. The first-order chi connectivity index (χ1) is 9.77. The maximum Gasteiger partial charge on any atom is 0.416 e. The largest absolute Gasteiger partial charge is 0.491 e. The number of ether oxygens (including phenoxy) is 2. The van der Waals surface area contributed by atoms with Gasteiger partial charge >= 0.3 is 6.18 Å². The summed E-state index contributed by atoms with van der Waals surface area (Å²) in [6.45, 7) is 3.59. The van der Waals surface area contributed by atoms with Crippen LogP contribution in [0.5, 0.6) is 5.75 Å². The van der Waals surface area contributed by atoms with Gasteiger partial charge in [-0.15, -0.1) is 0 Å². The van der Waals surface area contributed by atoms with Crippen molar-refractivity contribution in [3.8, 4) is 5.75 Å². The maximum absolute atomic E-state index is 13.1. The number of rotatable bonds is 5. The lowest BCUT2D eigenvalue weighted by Crippen LogP contribution is -2.28. The molecule has 21 heavy (non-hydrogen) atoms. The third-order valence-corrected chi connectivity index (χ3v) is 2.84. The van der Waals surface area contributed by atoms with E-state index >= 15 is 0 Å². The number of carbonyl (C=O) groups is 1. The molecule has 1 unspecified atom stereocenters. The Hall–Kier alpha value is -1.76. The first kappa shape index (κ1) is 15.6. The molecule has 0 saturated carbocycles. The van der Waals surface area contributed by atoms with Crippen LogP contribution in [0.3, 0.4) is 0 Å². The first-order valence-electron chi connectivity index (χ1n) is 6.53. The van der Waals surface area contributed by atoms with Crippen molar-refractivity contribution in [2.45, 2.75) is 38.8 Å². The predicted octanol–water partition coefficient (Wildman–Crippen LogP) is 2.51. The summed E-state index contributed by atoms with van der Waals surface area (Å²) in [5.41, 5.74) is -0.815. The van der Waals surface area contributed by atoms with Crippen molar-refractivity contribution in [3.05, 3.63) is 29.3 Å². The molecule has 1 aromatic rings. The number of amides is 1. The van der Waals surface area contributed by atoms with Crippen LogP contribution in [-0.2, 0) is 22.3 Å². The van der Waals surface area contributed by atoms with E-state index in [9.17, 15) is 18.0 Å².